The van der Waals surface area contributed by atoms with Gasteiger partial charge in [-0.15, -0.1) is 0 Å². The van der Waals surface area contributed by atoms with E-state index in [2.05, 4.69) is 0 Å². The number of hydrogen-bond acceptors (Lipinski definition) is 3. The summed E-state index contributed by atoms with van der Waals surface area (Å²) in [6, 6.07) is 0. The summed E-state index contributed by atoms with van der Waals surface area (Å²) >= 11 is 0. The summed E-state index contributed by atoms with van der Waals surface area (Å²) in [5, 5.41) is 0. The van der Waals surface area contributed by atoms with Crippen LogP contribution in [0.3, 0.4) is 0 Å². The Bertz CT molecular complexity index is 57.8. The standard InChI is InChI=1S/Ca.Fe.H3O4P/c;;1-5(2,3)4/h;;(H3,1,2,3,4)/q+2;;/p-2. The predicted molar refractivity (Wildman–Crippen MR) is 15.6 cm³/mol. The molecule has 7 heavy (non-hydrogen) atoms. The van der Waals surface area contributed by atoms with Crippen molar-refractivity contribution in [2.45, 2.75) is 0 Å². The zero-order chi connectivity index (χ0) is 4.50. The molecule has 0 aliphatic carbocycles. The minimum absolute atomic E-state index is 0. The monoisotopic (exact) mass is 192 g/mol. The second-order valence-electron chi connectivity index (χ2n) is 0.469. The van der Waals surface area contributed by atoms with E-state index < -0.39 is 7.82 Å². The van der Waals surface area contributed by atoms with Crippen LogP contribution in [0.1, 0.15) is 0 Å². The molecule has 4 nitrogen and oxygen atoms in total. The third-order valence-corrected chi connectivity index (χ3v) is 0. The van der Waals surface area contributed by atoms with Crippen molar-refractivity contribution in [1.29, 1.82) is 0 Å². The number of rotatable bonds is 0. The molecule has 0 radical (unpaired) electrons. The molecule has 0 aliphatic rings. The van der Waals surface area contributed by atoms with Crippen LogP contribution in [0.15, 0.2) is 0 Å². The van der Waals surface area contributed by atoms with Gasteiger partial charge in [0.1, 0.15) is 0 Å². The molecule has 40 valence electrons. The van der Waals surface area contributed by atoms with Gasteiger partial charge in [0, 0.05) is 17.1 Å². The Kier molecular flexibility index (Phi) is 13.7. The van der Waals surface area contributed by atoms with Crippen LogP contribution in [0, 0.1) is 0 Å². The molecule has 0 saturated carbocycles. The van der Waals surface area contributed by atoms with Gasteiger partial charge in [-0.1, -0.05) is 0 Å². The molecule has 0 atom stereocenters. The molecule has 0 heterocycles. The minimum Gasteiger partial charge on any atom is -0.790 e. The van der Waals surface area contributed by atoms with Crippen molar-refractivity contribution >= 4 is 45.6 Å². The van der Waals surface area contributed by atoms with Gasteiger partial charge in [0.15, 0.2) is 0 Å². The number of phosphoric acid groups is 1. The third-order valence-electron chi connectivity index (χ3n) is 0. The zero-order valence-electron chi connectivity index (χ0n) is 3.18. The molecule has 0 rings (SSSR count). The summed E-state index contributed by atoms with van der Waals surface area (Å²) < 4.78 is 8.66. The molecule has 1 N–H and O–H groups in total. The quantitative estimate of drug-likeness (QED) is 0.337. The maximum Gasteiger partial charge on any atom is 2.00 e. The van der Waals surface area contributed by atoms with Crippen LogP contribution in [0.5, 0.6) is 0 Å². The topological polar surface area (TPSA) is 83.4 Å². The molecule has 0 bridgehead atoms. The van der Waals surface area contributed by atoms with Gasteiger partial charge in [-0.2, -0.15) is 0 Å². The summed E-state index contributed by atoms with van der Waals surface area (Å²) in [5.74, 6) is 0. The van der Waals surface area contributed by atoms with Crippen LogP contribution < -0.4 is 9.79 Å². The Hall–Kier alpha value is 1.89. The fourth-order valence-corrected chi connectivity index (χ4v) is 0. The van der Waals surface area contributed by atoms with Crippen LogP contribution in [0.4, 0.5) is 0 Å². The molecule has 0 unspecified atom stereocenters. The van der Waals surface area contributed by atoms with Gasteiger partial charge in [-0.05, 0) is 0 Å². The Balaban J connectivity index is -0.0000000800. The van der Waals surface area contributed by atoms with Crippen molar-refractivity contribution in [3.63, 3.8) is 0 Å². The number of hydrogen-bond donors (Lipinski definition) is 1. The average molecular weight is 192 g/mol. The van der Waals surface area contributed by atoms with E-state index in [1.54, 1.807) is 0 Å². The van der Waals surface area contributed by atoms with Crippen molar-refractivity contribution in [2.24, 2.45) is 0 Å². The first-order valence-electron chi connectivity index (χ1n) is 0.748. The Morgan fingerprint density at radius 2 is 1.43 bits per heavy atom. The molecule has 0 fully saturated rings. The van der Waals surface area contributed by atoms with Crippen LogP contribution in [0.2, 0.25) is 0 Å². The molecule has 0 spiro atoms. The van der Waals surface area contributed by atoms with Gasteiger partial charge >= 0.3 is 37.7 Å². The third kappa shape index (κ3) is 76.7. The van der Waals surface area contributed by atoms with Gasteiger partial charge < -0.3 is 19.2 Å². The maximum absolute atomic E-state index is 8.66. The van der Waals surface area contributed by atoms with E-state index in [0.29, 0.717) is 0 Å². The summed E-state index contributed by atoms with van der Waals surface area (Å²) in [5.41, 5.74) is 0. The summed E-state index contributed by atoms with van der Waals surface area (Å²) in [6.07, 6.45) is 0. The molecule has 0 aromatic heterocycles. The van der Waals surface area contributed by atoms with E-state index in [1.165, 1.54) is 0 Å². The second-order valence-corrected chi connectivity index (χ2v) is 1.41. The fourth-order valence-electron chi connectivity index (χ4n) is 0. The Labute approximate surface area is 81.0 Å². The first kappa shape index (κ1) is 16.0. The normalized spacial score (nSPS) is 8.43. The van der Waals surface area contributed by atoms with Gasteiger partial charge in [0.2, 0.25) is 0 Å². The van der Waals surface area contributed by atoms with Crippen LogP contribution in [-0.2, 0) is 21.6 Å². The van der Waals surface area contributed by atoms with Crippen LogP contribution in [0.25, 0.3) is 0 Å². The van der Waals surface area contributed by atoms with Gasteiger partial charge in [-0.25, -0.2) is 0 Å². The van der Waals surface area contributed by atoms with Crippen molar-refractivity contribution in [3.8, 4) is 0 Å². The van der Waals surface area contributed by atoms with E-state index >= 15 is 0 Å². The average Bonchev–Trinajstić information content (AvgIpc) is 0.722. The van der Waals surface area contributed by atoms with Crippen molar-refractivity contribution in [1.82, 2.24) is 0 Å². The van der Waals surface area contributed by atoms with E-state index in [-0.39, 0.29) is 54.8 Å². The Morgan fingerprint density at radius 3 is 1.43 bits per heavy atom. The van der Waals surface area contributed by atoms with E-state index in [9.17, 15) is 0 Å². The fraction of sp³-hybridized carbons (Fsp3) is 0. The SMILES string of the molecule is O=P([O-])([O-])O.[Ca+2].[Fe]. The first-order chi connectivity index (χ1) is 2.00. The molecule has 0 aromatic carbocycles. The maximum atomic E-state index is 8.66. The van der Waals surface area contributed by atoms with Gasteiger partial charge in [0.25, 0.3) is 0 Å². The zero-order valence-corrected chi connectivity index (χ0v) is 7.39. The van der Waals surface area contributed by atoms with Gasteiger partial charge in [-0.3, -0.25) is 0 Å². The van der Waals surface area contributed by atoms with E-state index in [4.69, 9.17) is 19.2 Å². The summed E-state index contributed by atoms with van der Waals surface area (Å²) in [6.45, 7) is 0. The largest absolute Gasteiger partial charge is 2.00 e. The first-order valence-corrected chi connectivity index (χ1v) is 2.24. The van der Waals surface area contributed by atoms with Crippen LogP contribution >= 0.6 is 7.82 Å². The van der Waals surface area contributed by atoms with Crippen molar-refractivity contribution < 1.29 is 36.3 Å². The molecule has 0 aromatic rings. The van der Waals surface area contributed by atoms with Crippen LogP contribution in [-0.4, -0.2) is 42.6 Å². The molecule has 7 heteroatoms. The van der Waals surface area contributed by atoms with E-state index in [1.807, 2.05) is 0 Å². The summed E-state index contributed by atoms with van der Waals surface area (Å²) in [4.78, 5) is 24.3. The van der Waals surface area contributed by atoms with Crippen molar-refractivity contribution in [2.75, 3.05) is 0 Å². The minimum atomic E-state index is -5.14. The second kappa shape index (κ2) is 6.02. The Morgan fingerprint density at radius 1 is 1.43 bits per heavy atom. The predicted octanol–water partition coefficient (Wildman–Crippen LogP) is -2.58. The van der Waals surface area contributed by atoms with Gasteiger partial charge in [0.05, 0.1) is 7.82 Å². The van der Waals surface area contributed by atoms with E-state index in [0.717, 1.165) is 0 Å². The molecular weight excluding hydrogens is 191 g/mol. The molecule has 0 amide bonds. The molecular formula is HCaFeO4P. The molecule has 0 saturated heterocycles. The smallest absolute Gasteiger partial charge is 0.790 e. The molecule has 0 aliphatic heterocycles. The summed E-state index contributed by atoms with van der Waals surface area (Å²) in [7, 11) is -5.14. The van der Waals surface area contributed by atoms with Crippen molar-refractivity contribution in [3.05, 3.63) is 0 Å².